The molecule has 0 bridgehead atoms. The fourth-order valence-corrected chi connectivity index (χ4v) is 4.10. The number of benzene rings is 2. The van der Waals surface area contributed by atoms with Crippen molar-refractivity contribution in [3.63, 3.8) is 0 Å². The number of halogens is 1. The summed E-state index contributed by atoms with van der Waals surface area (Å²) >= 11 is 0. The van der Waals surface area contributed by atoms with Crippen LogP contribution in [0.5, 0.6) is 0 Å². The van der Waals surface area contributed by atoms with E-state index < -0.39 is 5.92 Å². The van der Waals surface area contributed by atoms with Crippen LogP contribution in [0.1, 0.15) is 47.1 Å². The molecule has 0 saturated carbocycles. The highest BCUT2D eigenvalue weighted by atomic mass is 19.1. The van der Waals surface area contributed by atoms with E-state index in [0.717, 1.165) is 34.0 Å². The average molecular weight is 416 g/mol. The Morgan fingerprint density at radius 3 is 2.71 bits per heavy atom. The quantitative estimate of drug-likeness (QED) is 0.424. The third kappa shape index (κ3) is 4.50. The van der Waals surface area contributed by atoms with E-state index in [2.05, 4.69) is 28.3 Å². The third-order valence-corrected chi connectivity index (χ3v) is 5.75. The summed E-state index contributed by atoms with van der Waals surface area (Å²) < 4.78 is 14.9. The zero-order chi connectivity index (χ0) is 21.8. The van der Waals surface area contributed by atoms with Crippen LogP contribution < -0.4 is 5.32 Å². The number of rotatable bonds is 7. The summed E-state index contributed by atoms with van der Waals surface area (Å²) in [6.07, 6.45) is 6.38. The van der Waals surface area contributed by atoms with Gasteiger partial charge in [-0.1, -0.05) is 42.8 Å². The van der Waals surface area contributed by atoms with E-state index in [-0.39, 0.29) is 18.1 Å². The smallest absolute Gasteiger partial charge is 0.221 e. The first kappa shape index (κ1) is 20.8. The van der Waals surface area contributed by atoms with Gasteiger partial charge in [0.1, 0.15) is 5.82 Å². The summed E-state index contributed by atoms with van der Waals surface area (Å²) in [6, 6.07) is 15.0. The van der Waals surface area contributed by atoms with Crippen molar-refractivity contribution < 1.29 is 9.18 Å². The van der Waals surface area contributed by atoms with Gasteiger partial charge < -0.3 is 10.3 Å². The van der Waals surface area contributed by atoms with Crippen LogP contribution >= 0.6 is 0 Å². The number of nitrogens with one attached hydrogen (secondary N) is 2. The van der Waals surface area contributed by atoms with E-state index in [1.807, 2.05) is 43.5 Å². The van der Waals surface area contributed by atoms with E-state index in [4.69, 9.17) is 0 Å². The first-order chi connectivity index (χ1) is 15.1. The number of H-pyrrole nitrogens is 1. The minimum Gasteiger partial charge on any atom is -0.361 e. The maximum Gasteiger partial charge on any atom is 0.221 e. The molecule has 1 amide bonds. The lowest BCUT2D eigenvalue weighted by Crippen LogP contribution is -2.25. The Hall–Kier alpha value is -3.47. The highest BCUT2D eigenvalue weighted by molar-refractivity contribution is 5.88. The molecule has 31 heavy (non-hydrogen) atoms. The highest BCUT2D eigenvalue weighted by Crippen LogP contribution is 2.36. The van der Waals surface area contributed by atoms with Crippen molar-refractivity contribution in [3.8, 4) is 0 Å². The number of carbonyl (C=O) groups is 1. The molecule has 0 spiro atoms. The minimum atomic E-state index is -0.391. The number of para-hydroxylation sites is 1. The fourth-order valence-electron chi connectivity index (χ4n) is 4.10. The van der Waals surface area contributed by atoms with E-state index in [1.54, 1.807) is 18.5 Å². The molecular formula is C26H26FN3O. The lowest BCUT2D eigenvalue weighted by Gasteiger charge is -2.19. The maximum atomic E-state index is 14.9. The molecule has 0 aliphatic rings. The lowest BCUT2D eigenvalue weighted by atomic mass is 9.86. The molecule has 2 heterocycles. The van der Waals surface area contributed by atoms with E-state index in [0.29, 0.717) is 12.1 Å². The summed E-state index contributed by atoms with van der Waals surface area (Å²) in [6.45, 7) is 4.46. The highest BCUT2D eigenvalue weighted by Gasteiger charge is 2.24. The largest absolute Gasteiger partial charge is 0.361 e. The van der Waals surface area contributed by atoms with E-state index in [1.165, 1.54) is 11.6 Å². The van der Waals surface area contributed by atoms with Crippen LogP contribution in [-0.2, 0) is 17.8 Å². The molecule has 0 aliphatic heterocycles. The summed E-state index contributed by atoms with van der Waals surface area (Å²) in [7, 11) is 0. The first-order valence-corrected chi connectivity index (χ1v) is 10.6. The molecule has 2 aromatic heterocycles. The van der Waals surface area contributed by atoms with Crippen LogP contribution in [0.25, 0.3) is 10.9 Å². The number of aromatic nitrogens is 2. The Balaban J connectivity index is 1.69. The van der Waals surface area contributed by atoms with Crippen LogP contribution in [0.2, 0.25) is 0 Å². The number of nitrogens with zero attached hydrogens (tertiary/aromatic N) is 1. The predicted molar refractivity (Wildman–Crippen MR) is 121 cm³/mol. The van der Waals surface area contributed by atoms with Crippen LogP contribution in [0.15, 0.2) is 67.1 Å². The van der Waals surface area contributed by atoms with Crippen LogP contribution in [-0.4, -0.2) is 15.9 Å². The van der Waals surface area contributed by atoms with Crippen molar-refractivity contribution in [2.24, 2.45) is 0 Å². The molecular weight excluding hydrogens is 389 g/mol. The Morgan fingerprint density at radius 2 is 1.94 bits per heavy atom. The van der Waals surface area contributed by atoms with Gasteiger partial charge in [0.05, 0.1) is 0 Å². The van der Waals surface area contributed by atoms with Crippen LogP contribution in [0.3, 0.4) is 0 Å². The second-order valence-corrected chi connectivity index (χ2v) is 7.85. The first-order valence-electron chi connectivity index (χ1n) is 10.6. The van der Waals surface area contributed by atoms with Crippen molar-refractivity contribution in [2.75, 3.05) is 0 Å². The minimum absolute atomic E-state index is 0.122. The van der Waals surface area contributed by atoms with Gasteiger partial charge in [-0.15, -0.1) is 0 Å². The second kappa shape index (κ2) is 9.13. The molecule has 0 aliphatic carbocycles. The number of amides is 1. The molecule has 2 N–H and O–H groups in total. The summed E-state index contributed by atoms with van der Waals surface area (Å²) in [5, 5.41) is 4.00. The Morgan fingerprint density at radius 1 is 1.13 bits per heavy atom. The summed E-state index contributed by atoms with van der Waals surface area (Å²) in [5.41, 5.74) is 5.68. The van der Waals surface area contributed by atoms with Crippen molar-refractivity contribution in [2.45, 2.75) is 39.2 Å². The van der Waals surface area contributed by atoms with E-state index >= 15 is 0 Å². The molecule has 0 unspecified atom stereocenters. The number of fused-ring (bicyclic) bond motifs is 1. The third-order valence-electron chi connectivity index (χ3n) is 5.75. The van der Waals surface area contributed by atoms with Gasteiger partial charge in [0, 0.05) is 48.4 Å². The number of aryl methyl sites for hydroxylation is 2. The molecule has 4 aromatic rings. The zero-order valence-electron chi connectivity index (χ0n) is 17.8. The molecule has 0 fully saturated rings. The number of hydrogen-bond donors (Lipinski definition) is 2. The topological polar surface area (TPSA) is 57.8 Å². The normalized spacial score (nSPS) is 12.1. The molecule has 2 aromatic carbocycles. The van der Waals surface area contributed by atoms with Crippen LogP contribution in [0.4, 0.5) is 4.39 Å². The van der Waals surface area contributed by atoms with E-state index in [9.17, 15) is 9.18 Å². The lowest BCUT2D eigenvalue weighted by molar-refractivity contribution is -0.121. The molecule has 4 nitrogen and oxygen atoms in total. The molecule has 5 heteroatoms. The van der Waals surface area contributed by atoms with Gasteiger partial charge in [-0.2, -0.15) is 0 Å². The standard InChI is InChI=1S/C26H26FN3O/c1-3-19-5-4-6-20-23(16-30-26(19)20)21(22-13-17(2)7-8-24(22)27)14-25(31)29-15-18-9-11-28-12-10-18/h4-13,16,21,30H,3,14-15H2,1-2H3,(H,29,31)/t21-/m1/s1. The van der Waals surface area contributed by atoms with Gasteiger partial charge >= 0.3 is 0 Å². The van der Waals surface area contributed by atoms with Gasteiger partial charge in [-0.05, 0) is 53.8 Å². The number of aromatic amines is 1. The maximum absolute atomic E-state index is 14.9. The van der Waals surface area contributed by atoms with Crippen molar-refractivity contribution in [3.05, 3.63) is 101 Å². The molecule has 158 valence electrons. The van der Waals surface area contributed by atoms with Crippen LogP contribution in [0, 0.1) is 12.7 Å². The van der Waals surface area contributed by atoms with Gasteiger partial charge in [-0.3, -0.25) is 9.78 Å². The molecule has 0 radical (unpaired) electrons. The number of pyridine rings is 1. The van der Waals surface area contributed by atoms with Crippen molar-refractivity contribution in [1.29, 1.82) is 0 Å². The van der Waals surface area contributed by atoms with Gasteiger partial charge in [0.2, 0.25) is 5.91 Å². The summed E-state index contributed by atoms with van der Waals surface area (Å²) in [4.78, 5) is 20.3. The molecule has 0 saturated heterocycles. The average Bonchev–Trinajstić information content (AvgIpc) is 3.22. The molecule has 1 atom stereocenters. The molecule has 4 rings (SSSR count). The van der Waals surface area contributed by atoms with Gasteiger partial charge in [0.25, 0.3) is 0 Å². The number of hydrogen-bond acceptors (Lipinski definition) is 2. The summed E-state index contributed by atoms with van der Waals surface area (Å²) in [5.74, 6) is -0.805. The Kier molecular flexibility index (Phi) is 6.12. The Bertz CT molecular complexity index is 1200. The zero-order valence-corrected chi connectivity index (χ0v) is 17.8. The second-order valence-electron chi connectivity index (χ2n) is 7.85. The van der Waals surface area contributed by atoms with Crippen molar-refractivity contribution >= 4 is 16.8 Å². The van der Waals surface area contributed by atoms with Gasteiger partial charge in [-0.25, -0.2) is 4.39 Å². The monoisotopic (exact) mass is 415 g/mol. The van der Waals surface area contributed by atoms with Crippen molar-refractivity contribution in [1.82, 2.24) is 15.3 Å². The van der Waals surface area contributed by atoms with Gasteiger partial charge in [0.15, 0.2) is 0 Å². The predicted octanol–water partition coefficient (Wildman–Crippen LogP) is 5.41. The SMILES string of the molecule is CCc1cccc2c([C@H](CC(=O)NCc3ccncc3)c3cc(C)ccc3F)c[nH]c12. The fraction of sp³-hybridized carbons (Fsp3) is 0.231. The number of carbonyl (C=O) groups excluding carboxylic acids is 1. The Labute approximate surface area is 181 Å².